The summed E-state index contributed by atoms with van der Waals surface area (Å²) in [6.45, 7) is 5.71. The maximum Gasteiger partial charge on any atom is 0.241 e. The lowest BCUT2D eigenvalue weighted by Crippen LogP contribution is -2.62. The summed E-state index contributed by atoms with van der Waals surface area (Å²) in [7, 11) is -3.13. The highest BCUT2D eigenvalue weighted by atomic mass is 32.2. The minimum absolute atomic E-state index is 0.0241. The van der Waals surface area contributed by atoms with Gasteiger partial charge in [-0.1, -0.05) is 19.8 Å². The van der Waals surface area contributed by atoms with Crippen LogP contribution >= 0.6 is 0 Å². The molecule has 2 aliphatic heterocycles. The van der Waals surface area contributed by atoms with Crippen molar-refractivity contribution in [3.63, 3.8) is 0 Å². The van der Waals surface area contributed by atoms with Crippen LogP contribution < -0.4 is 9.64 Å². The first kappa shape index (κ1) is 19.2. The predicted octanol–water partition coefficient (Wildman–Crippen LogP) is 2.09. The fourth-order valence-electron chi connectivity index (χ4n) is 3.97. The molecule has 3 rings (SSSR count). The number of anilines is 1. The number of ether oxygens (including phenoxy) is 1. The van der Waals surface area contributed by atoms with Crippen LogP contribution in [0.25, 0.3) is 0 Å². The zero-order chi connectivity index (χ0) is 18.7. The van der Waals surface area contributed by atoms with E-state index < -0.39 is 9.84 Å². The van der Waals surface area contributed by atoms with Gasteiger partial charge in [0.2, 0.25) is 5.91 Å². The van der Waals surface area contributed by atoms with Gasteiger partial charge < -0.3 is 9.64 Å². The largest absolute Gasteiger partial charge is 0.494 e. The standard InChI is InChI=1S/C19H28N2O4S/c1-3-5-6-11-20-12-19(22)21(18-14-26(23,24)13-17(18)20)15-7-9-16(10-8-15)25-4-2/h7-10,17-18H,3-6,11-14H2,1-2H3. The van der Waals surface area contributed by atoms with Gasteiger partial charge in [-0.2, -0.15) is 0 Å². The molecule has 0 aliphatic carbocycles. The van der Waals surface area contributed by atoms with E-state index in [2.05, 4.69) is 11.8 Å². The average molecular weight is 381 g/mol. The Morgan fingerprint density at radius 2 is 1.77 bits per heavy atom. The zero-order valence-electron chi connectivity index (χ0n) is 15.6. The fourth-order valence-corrected chi connectivity index (χ4v) is 5.95. The summed E-state index contributed by atoms with van der Waals surface area (Å²) in [6, 6.07) is 6.94. The van der Waals surface area contributed by atoms with E-state index in [-0.39, 0.29) is 36.0 Å². The van der Waals surface area contributed by atoms with Crippen LogP contribution in [-0.4, -0.2) is 62.5 Å². The van der Waals surface area contributed by atoms with E-state index in [1.165, 1.54) is 0 Å². The topological polar surface area (TPSA) is 66.9 Å². The summed E-state index contributed by atoms with van der Waals surface area (Å²) in [5.74, 6) is 0.910. The number of rotatable bonds is 7. The van der Waals surface area contributed by atoms with Crippen LogP contribution in [0.5, 0.6) is 5.75 Å². The van der Waals surface area contributed by atoms with Crippen molar-refractivity contribution in [3.05, 3.63) is 24.3 Å². The number of benzene rings is 1. The Morgan fingerprint density at radius 3 is 2.42 bits per heavy atom. The van der Waals surface area contributed by atoms with Crippen molar-refractivity contribution in [2.24, 2.45) is 0 Å². The minimum atomic E-state index is -3.13. The number of hydrogen-bond acceptors (Lipinski definition) is 5. The average Bonchev–Trinajstić information content (AvgIpc) is 2.92. The molecule has 144 valence electrons. The highest BCUT2D eigenvalue weighted by Crippen LogP contribution is 2.32. The highest BCUT2D eigenvalue weighted by molar-refractivity contribution is 7.91. The van der Waals surface area contributed by atoms with Gasteiger partial charge in [-0.05, 0) is 44.2 Å². The minimum Gasteiger partial charge on any atom is -0.494 e. The number of hydrogen-bond donors (Lipinski definition) is 0. The number of carbonyl (C=O) groups is 1. The van der Waals surface area contributed by atoms with E-state index in [0.29, 0.717) is 6.61 Å². The molecule has 2 saturated heterocycles. The second-order valence-corrected chi connectivity index (χ2v) is 9.23. The molecule has 0 radical (unpaired) electrons. The van der Waals surface area contributed by atoms with Gasteiger partial charge in [0.15, 0.2) is 9.84 Å². The lowest BCUT2D eigenvalue weighted by atomic mass is 10.0. The van der Waals surface area contributed by atoms with E-state index in [1.807, 2.05) is 31.2 Å². The van der Waals surface area contributed by atoms with Gasteiger partial charge in [-0.15, -0.1) is 0 Å². The highest BCUT2D eigenvalue weighted by Gasteiger charge is 2.49. The predicted molar refractivity (Wildman–Crippen MR) is 102 cm³/mol. The molecule has 0 saturated carbocycles. The molecule has 26 heavy (non-hydrogen) atoms. The normalized spacial score (nSPS) is 25.3. The quantitative estimate of drug-likeness (QED) is 0.678. The molecule has 1 amide bonds. The second-order valence-electron chi connectivity index (χ2n) is 7.08. The SMILES string of the molecule is CCCCCN1CC(=O)N(c2ccc(OCC)cc2)C2CS(=O)(=O)CC21. The lowest BCUT2D eigenvalue weighted by Gasteiger charge is -2.43. The summed E-state index contributed by atoms with van der Waals surface area (Å²) in [5.41, 5.74) is 0.749. The number of fused-ring (bicyclic) bond motifs is 1. The van der Waals surface area contributed by atoms with E-state index in [0.717, 1.165) is 37.2 Å². The number of carbonyl (C=O) groups excluding carboxylic acids is 1. The van der Waals surface area contributed by atoms with E-state index in [1.54, 1.807) is 4.90 Å². The van der Waals surface area contributed by atoms with Gasteiger partial charge in [0, 0.05) is 11.7 Å². The third-order valence-electron chi connectivity index (χ3n) is 5.18. The van der Waals surface area contributed by atoms with Crippen LogP contribution in [0.3, 0.4) is 0 Å². The zero-order valence-corrected chi connectivity index (χ0v) is 16.4. The molecule has 0 bridgehead atoms. The van der Waals surface area contributed by atoms with Crippen LogP contribution in [0.1, 0.15) is 33.1 Å². The number of unbranched alkanes of at least 4 members (excludes halogenated alkanes) is 2. The maximum atomic E-state index is 12.9. The van der Waals surface area contributed by atoms with Crippen LogP contribution in [0, 0.1) is 0 Å². The molecule has 0 spiro atoms. The summed E-state index contributed by atoms with van der Waals surface area (Å²) in [4.78, 5) is 16.6. The van der Waals surface area contributed by atoms with Gasteiger partial charge in [-0.25, -0.2) is 8.42 Å². The Morgan fingerprint density at radius 1 is 1.08 bits per heavy atom. The number of piperazine rings is 1. The Balaban J connectivity index is 1.84. The molecule has 2 aliphatic rings. The van der Waals surface area contributed by atoms with Gasteiger partial charge in [0.25, 0.3) is 0 Å². The Bertz CT molecular complexity index is 732. The molecule has 6 nitrogen and oxygen atoms in total. The van der Waals surface area contributed by atoms with Crippen molar-refractivity contribution in [1.29, 1.82) is 0 Å². The van der Waals surface area contributed by atoms with Crippen LogP contribution in [0.2, 0.25) is 0 Å². The van der Waals surface area contributed by atoms with Crippen molar-refractivity contribution >= 4 is 21.4 Å². The lowest BCUT2D eigenvalue weighted by molar-refractivity contribution is -0.123. The van der Waals surface area contributed by atoms with Crippen molar-refractivity contribution in [2.75, 3.05) is 36.1 Å². The van der Waals surface area contributed by atoms with Crippen LogP contribution in [-0.2, 0) is 14.6 Å². The van der Waals surface area contributed by atoms with Gasteiger partial charge in [-0.3, -0.25) is 9.69 Å². The van der Waals surface area contributed by atoms with Gasteiger partial charge >= 0.3 is 0 Å². The molecule has 1 aromatic carbocycles. The second kappa shape index (κ2) is 7.96. The van der Waals surface area contributed by atoms with Crippen LogP contribution in [0.15, 0.2) is 24.3 Å². The molecular formula is C19H28N2O4S. The van der Waals surface area contributed by atoms with Crippen molar-refractivity contribution in [2.45, 2.75) is 45.2 Å². The van der Waals surface area contributed by atoms with E-state index in [4.69, 9.17) is 4.74 Å². The first-order chi connectivity index (χ1) is 12.4. The van der Waals surface area contributed by atoms with E-state index in [9.17, 15) is 13.2 Å². The summed E-state index contributed by atoms with van der Waals surface area (Å²) in [5, 5.41) is 0. The van der Waals surface area contributed by atoms with Crippen molar-refractivity contribution in [3.8, 4) is 5.75 Å². The molecular weight excluding hydrogens is 352 g/mol. The van der Waals surface area contributed by atoms with Gasteiger partial charge in [0.05, 0.1) is 30.7 Å². The van der Waals surface area contributed by atoms with Crippen molar-refractivity contribution in [1.82, 2.24) is 4.90 Å². The molecule has 2 unspecified atom stereocenters. The van der Waals surface area contributed by atoms with Crippen LogP contribution in [0.4, 0.5) is 5.69 Å². The molecule has 1 aromatic rings. The maximum absolute atomic E-state index is 12.9. The number of amides is 1. The molecule has 0 aromatic heterocycles. The molecule has 0 N–H and O–H groups in total. The van der Waals surface area contributed by atoms with Crippen molar-refractivity contribution < 1.29 is 17.9 Å². The molecule has 2 heterocycles. The third kappa shape index (κ3) is 4.04. The Labute approximate surface area is 156 Å². The monoisotopic (exact) mass is 380 g/mol. The first-order valence-corrected chi connectivity index (χ1v) is 11.3. The molecule has 2 fully saturated rings. The summed E-state index contributed by atoms with van der Waals surface area (Å²) < 4.78 is 30.1. The fraction of sp³-hybridized carbons (Fsp3) is 0.632. The Kier molecular flexibility index (Phi) is 5.87. The first-order valence-electron chi connectivity index (χ1n) is 9.44. The number of sulfone groups is 1. The third-order valence-corrected chi connectivity index (χ3v) is 6.87. The summed E-state index contributed by atoms with van der Waals surface area (Å²) in [6.07, 6.45) is 3.19. The molecule has 2 atom stereocenters. The Hall–Kier alpha value is -1.60. The summed E-state index contributed by atoms with van der Waals surface area (Å²) >= 11 is 0. The number of nitrogens with zero attached hydrogens (tertiary/aromatic N) is 2. The smallest absolute Gasteiger partial charge is 0.241 e. The molecule has 7 heteroatoms. The van der Waals surface area contributed by atoms with Gasteiger partial charge in [0.1, 0.15) is 5.75 Å². The van der Waals surface area contributed by atoms with E-state index >= 15 is 0 Å².